The van der Waals surface area contributed by atoms with Crippen LogP contribution in [0.5, 0.6) is 0 Å². The van der Waals surface area contributed by atoms with E-state index in [0.717, 1.165) is 6.07 Å². The minimum absolute atomic E-state index is 0.0374. The van der Waals surface area contributed by atoms with Gasteiger partial charge in [0.05, 0.1) is 5.56 Å². The molecule has 0 radical (unpaired) electrons. The van der Waals surface area contributed by atoms with Crippen LogP contribution < -0.4 is 5.56 Å². The second kappa shape index (κ2) is 3.15. The number of aromatic carboxylic acids is 1. The van der Waals surface area contributed by atoms with Gasteiger partial charge in [-0.15, -0.1) is 6.42 Å². The van der Waals surface area contributed by atoms with E-state index in [1.165, 1.54) is 17.8 Å². The molecule has 0 aliphatic rings. The molecule has 0 saturated heterocycles. The second-order valence-corrected chi connectivity index (χ2v) is 2.50. The fraction of sp³-hybridized carbons (Fsp3) is 0.111. The minimum atomic E-state index is -1.14. The summed E-state index contributed by atoms with van der Waals surface area (Å²) in [5, 5.41) is 8.70. The molecular formula is C9H7NO3. The van der Waals surface area contributed by atoms with Gasteiger partial charge in [-0.25, -0.2) is 4.79 Å². The van der Waals surface area contributed by atoms with Gasteiger partial charge in [0.2, 0.25) is 0 Å². The molecule has 13 heavy (non-hydrogen) atoms. The topological polar surface area (TPSA) is 59.3 Å². The predicted octanol–water partition coefficient (Wildman–Crippen LogP) is 0.0648. The molecular weight excluding hydrogens is 170 g/mol. The van der Waals surface area contributed by atoms with Gasteiger partial charge in [-0.3, -0.25) is 4.79 Å². The van der Waals surface area contributed by atoms with Crippen LogP contribution in [0.15, 0.2) is 17.1 Å². The second-order valence-electron chi connectivity index (χ2n) is 2.50. The van der Waals surface area contributed by atoms with Crippen LogP contribution in [-0.4, -0.2) is 15.6 Å². The number of nitrogens with zero attached hydrogens (tertiary/aromatic N) is 1. The maximum absolute atomic E-state index is 11.0. The minimum Gasteiger partial charge on any atom is -0.478 e. The third-order valence-electron chi connectivity index (χ3n) is 1.61. The van der Waals surface area contributed by atoms with Crippen molar-refractivity contribution in [1.82, 2.24) is 4.57 Å². The van der Waals surface area contributed by atoms with Crippen molar-refractivity contribution in [1.29, 1.82) is 0 Å². The molecule has 4 nitrogen and oxygen atoms in total. The molecule has 4 heteroatoms. The van der Waals surface area contributed by atoms with Gasteiger partial charge >= 0.3 is 5.97 Å². The van der Waals surface area contributed by atoms with E-state index in [-0.39, 0.29) is 16.7 Å². The summed E-state index contributed by atoms with van der Waals surface area (Å²) in [6.45, 7) is 0. The van der Waals surface area contributed by atoms with E-state index in [0.29, 0.717) is 0 Å². The lowest BCUT2D eigenvalue weighted by Gasteiger charge is -2.01. The number of carboxylic acid groups (broad SMARTS) is 1. The average Bonchev–Trinajstić information content (AvgIpc) is 2.08. The average molecular weight is 177 g/mol. The van der Waals surface area contributed by atoms with Gasteiger partial charge in [-0.1, -0.05) is 5.92 Å². The van der Waals surface area contributed by atoms with Crippen LogP contribution in [0.4, 0.5) is 0 Å². The number of carboxylic acids is 1. The third-order valence-corrected chi connectivity index (χ3v) is 1.61. The molecule has 1 heterocycles. The smallest absolute Gasteiger partial charge is 0.338 e. The van der Waals surface area contributed by atoms with Crippen molar-refractivity contribution >= 4 is 5.97 Å². The first-order valence-corrected chi connectivity index (χ1v) is 3.47. The summed E-state index contributed by atoms with van der Waals surface area (Å²) in [5.41, 5.74) is -0.252. The van der Waals surface area contributed by atoms with Crippen LogP contribution >= 0.6 is 0 Å². The Kier molecular flexibility index (Phi) is 2.20. The van der Waals surface area contributed by atoms with E-state index in [1.54, 1.807) is 0 Å². The highest BCUT2D eigenvalue weighted by Crippen LogP contribution is 2.03. The predicted molar refractivity (Wildman–Crippen MR) is 46.6 cm³/mol. The Morgan fingerprint density at radius 1 is 1.69 bits per heavy atom. The van der Waals surface area contributed by atoms with Gasteiger partial charge in [0.25, 0.3) is 5.56 Å². The molecule has 0 unspecified atom stereocenters. The molecule has 0 atom stereocenters. The molecule has 1 N–H and O–H groups in total. The normalized spacial score (nSPS) is 9.23. The number of hydrogen-bond donors (Lipinski definition) is 1. The number of aromatic nitrogens is 1. The highest BCUT2D eigenvalue weighted by atomic mass is 16.4. The zero-order chi connectivity index (χ0) is 10.0. The molecule has 1 aromatic heterocycles. The zero-order valence-electron chi connectivity index (χ0n) is 6.94. The van der Waals surface area contributed by atoms with Gasteiger partial charge in [-0.05, 0) is 0 Å². The van der Waals surface area contributed by atoms with Crippen LogP contribution in [0.25, 0.3) is 0 Å². The van der Waals surface area contributed by atoms with E-state index in [9.17, 15) is 9.59 Å². The SMILES string of the molecule is C#Cc1cc(=O)n(C)cc1C(=O)O. The summed E-state index contributed by atoms with van der Waals surface area (Å²) < 4.78 is 1.17. The lowest BCUT2D eigenvalue weighted by molar-refractivity contribution is 0.0695. The number of rotatable bonds is 1. The molecule has 66 valence electrons. The van der Waals surface area contributed by atoms with Crippen LogP contribution in [0.2, 0.25) is 0 Å². The monoisotopic (exact) mass is 177 g/mol. The van der Waals surface area contributed by atoms with Gasteiger partial charge in [0.15, 0.2) is 0 Å². The number of carbonyl (C=O) groups is 1. The maximum Gasteiger partial charge on any atom is 0.338 e. The molecule has 0 fully saturated rings. The van der Waals surface area contributed by atoms with Crippen LogP contribution in [0.1, 0.15) is 15.9 Å². The van der Waals surface area contributed by atoms with Gasteiger partial charge in [0.1, 0.15) is 0 Å². The Balaban J connectivity index is 3.53. The first-order chi connectivity index (χ1) is 6.06. The van der Waals surface area contributed by atoms with Crippen molar-refractivity contribution < 1.29 is 9.90 Å². The van der Waals surface area contributed by atoms with E-state index in [1.807, 2.05) is 0 Å². The highest BCUT2D eigenvalue weighted by molar-refractivity contribution is 5.90. The van der Waals surface area contributed by atoms with E-state index in [2.05, 4.69) is 5.92 Å². The summed E-state index contributed by atoms with van der Waals surface area (Å²) in [6.07, 6.45) is 6.25. The molecule has 0 aromatic carbocycles. The number of terminal acetylenes is 1. The summed E-state index contributed by atoms with van der Waals surface area (Å²) in [5.74, 6) is 1.02. The summed E-state index contributed by atoms with van der Waals surface area (Å²) >= 11 is 0. The Labute approximate surface area is 74.4 Å². The first-order valence-electron chi connectivity index (χ1n) is 3.47. The van der Waals surface area contributed by atoms with E-state index >= 15 is 0 Å². The van der Waals surface area contributed by atoms with Crippen molar-refractivity contribution in [2.75, 3.05) is 0 Å². The van der Waals surface area contributed by atoms with Gasteiger partial charge in [0, 0.05) is 24.9 Å². The Morgan fingerprint density at radius 3 is 2.77 bits per heavy atom. The lowest BCUT2D eigenvalue weighted by atomic mass is 10.1. The number of pyridine rings is 1. The molecule has 0 aliphatic carbocycles. The fourth-order valence-electron chi connectivity index (χ4n) is 0.920. The van der Waals surface area contributed by atoms with E-state index < -0.39 is 5.97 Å². The Hall–Kier alpha value is -2.02. The quantitative estimate of drug-likeness (QED) is 0.617. The van der Waals surface area contributed by atoms with Crippen molar-refractivity contribution in [2.24, 2.45) is 7.05 Å². The molecule has 0 spiro atoms. The van der Waals surface area contributed by atoms with Crippen LogP contribution in [0.3, 0.4) is 0 Å². The first kappa shape index (κ1) is 9.07. The van der Waals surface area contributed by atoms with Crippen molar-refractivity contribution in [2.45, 2.75) is 0 Å². The fourth-order valence-corrected chi connectivity index (χ4v) is 0.920. The van der Waals surface area contributed by atoms with Gasteiger partial charge < -0.3 is 9.67 Å². The third kappa shape index (κ3) is 1.59. The largest absolute Gasteiger partial charge is 0.478 e. The van der Waals surface area contributed by atoms with Crippen molar-refractivity contribution in [3.05, 3.63) is 33.7 Å². The molecule has 1 rings (SSSR count). The summed E-state index contributed by atoms with van der Waals surface area (Å²) in [6, 6.07) is 1.13. The van der Waals surface area contributed by atoms with Crippen molar-refractivity contribution in [3.8, 4) is 12.3 Å². The number of aryl methyl sites for hydroxylation is 1. The standard InChI is InChI=1S/C9H7NO3/c1-3-6-4-8(11)10(2)5-7(6)9(12)13/h1,4-5H,2H3,(H,12,13). The molecule has 1 aromatic rings. The molecule has 0 saturated carbocycles. The summed E-state index contributed by atoms with van der Waals surface area (Å²) in [7, 11) is 1.47. The Bertz CT molecular complexity index is 451. The molecule has 0 amide bonds. The number of hydrogen-bond acceptors (Lipinski definition) is 2. The molecule has 0 aliphatic heterocycles. The van der Waals surface area contributed by atoms with Crippen LogP contribution in [0, 0.1) is 12.3 Å². The molecule has 0 bridgehead atoms. The lowest BCUT2D eigenvalue weighted by Crippen LogP contribution is -2.18. The van der Waals surface area contributed by atoms with Gasteiger partial charge in [-0.2, -0.15) is 0 Å². The van der Waals surface area contributed by atoms with Crippen LogP contribution in [-0.2, 0) is 7.05 Å². The van der Waals surface area contributed by atoms with Crippen molar-refractivity contribution in [3.63, 3.8) is 0 Å². The maximum atomic E-state index is 11.0. The Morgan fingerprint density at radius 2 is 2.31 bits per heavy atom. The summed E-state index contributed by atoms with van der Waals surface area (Å²) in [4.78, 5) is 21.7. The highest BCUT2D eigenvalue weighted by Gasteiger charge is 2.09. The zero-order valence-corrected chi connectivity index (χ0v) is 6.94. The van der Waals surface area contributed by atoms with E-state index in [4.69, 9.17) is 11.5 Å².